The summed E-state index contributed by atoms with van der Waals surface area (Å²) in [5, 5.41) is 11.2. The molecular weight excluding hydrogens is 364 g/mol. The van der Waals surface area contributed by atoms with Crippen LogP contribution >= 0.6 is 0 Å². The largest absolute Gasteiger partial charge is 0.490 e. The smallest absolute Gasteiger partial charge is 0.234 e. The zero-order valence-electron chi connectivity index (χ0n) is 17.7. The van der Waals surface area contributed by atoms with E-state index in [-0.39, 0.29) is 17.7 Å². The van der Waals surface area contributed by atoms with Gasteiger partial charge in [0, 0.05) is 6.54 Å². The lowest BCUT2D eigenvalue weighted by atomic mass is 9.85. The standard InChI is InChI=1S/C24H30N2O3/c1-18-6-5-7-21(24(2,3)4)23(18)29-17-16-28-20-10-8-19(9-11-20)13-15-26-22(27)12-14-25/h5-11H,12-13,15-17H2,1-4H3,(H,26,27). The highest BCUT2D eigenvalue weighted by molar-refractivity contribution is 5.77. The van der Waals surface area contributed by atoms with E-state index >= 15 is 0 Å². The minimum atomic E-state index is -0.240. The van der Waals surface area contributed by atoms with Crippen LogP contribution in [0, 0.1) is 18.3 Å². The summed E-state index contributed by atoms with van der Waals surface area (Å²) < 4.78 is 11.8. The third kappa shape index (κ3) is 7.15. The molecule has 0 aliphatic rings. The Bertz CT molecular complexity index is 846. The average Bonchev–Trinajstić information content (AvgIpc) is 2.66. The molecule has 0 aromatic heterocycles. The van der Waals surface area contributed by atoms with Crippen LogP contribution in [0.4, 0.5) is 0 Å². The zero-order valence-corrected chi connectivity index (χ0v) is 17.7. The van der Waals surface area contributed by atoms with E-state index in [9.17, 15) is 4.79 Å². The first-order chi connectivity index (χ1) is 13.8. The van der Waals surface area contributed by atoms with Gasteiger partial charge in [-0.25, -0.2) is 0 Å². The molecule has 5 heteroatoms. The molecule has 2 rings (SSSR count). The lowest BCUT2D eigenvalue weighted by Crippen LogP contribution is -2.24. The number of hydrogen-bond donors (Lipinski definition) is 1. The normalized spacial score (nSPS) is 10.9. The van der Waals surface area contributed by atoms with Crippen LogP contribution in [0.2, 0.25) is 0 Å². The molecule has 1 amide bonds. The molecule has 0 atom stereocenters. The second-order valence-corrected chi connectivity index (χ2v) is 7.98. The molecule has 0 saturated carbocycles. The van der Waals surface area contributed by atoms with Gasteiger partial charge in [-0.3, -0.25) is 4.79 Å². The SMILES string of the molecule is Cc1cccc(C(C)(C)C)c1OCCOc1ccc(CCNC(=O)CC#N)cc1. The van der Waals surface area contributed by atoms with E-state index in [0.29, 0.717) is 26.2 Å². The zero-order chi connectivity index (χ0) is 21.3. The maximum absolute atomic E-state index is 11.3. The third-order valence-corrected chi connectivity index (χ3v) is 4.52. The number of hydrogen-bond acceptors (Lipinski definition) is 4. The molecule has 0 saturated heterocycles. The van der Waals surface area contributed by atoms with Gasteiger partial charge in [0.2, 0.25) is 5.91 Å². The Balaban J connectivity index is 1.79. The first-order valence-corrected chi connectivity index (χ1v) is 9.89. The number of nitrogens with one attached hydrogen (secondary N) is 1. The fourth-order valence-electron chi connectivity index (χ4n) is 2.97. The Morgan fingerprint density at radius 3 is 2.41 bits per heavy atom. The van der Waals surface area contributed by atoms with Crippen molar-refractivity contribution in [3.05, 3.63) is 59.2 Å². The molecule has 0 bridgehead atoms. The summed E-state index contributed by atoms with van der Waals surface area (Å²) in [5.74, 6) is 1.49. The number of amides is 1. The lowest BCUT2D eigenvalue weighted by molar-refractivity contribution is -0.120. The lowest BCUT2D eigenvalue weighted by Gasteiger charge is -2.24. The molecule has 29 heavy (non-hydrogen) atoms. The van der Waals surface area contributed by atoms with Crippen LogP contribution in [0.15, 0.2) is 42.5 Å². The number of nitriles is 1. The predicted molar refractivity (Wildman–Crippen MR) is 114 cm³/mol. The van der Waals surface area contributed by atoms with Crippen molar-refractivity contribution in [1.82, 2.24) is 5.32 Å². The Kier molecular flexibility index (Phi) is 8.09. The van der Waals surface area contributed by atoms with Gasteiger partial charge in [0.1, 0.15) is 31.1 Å². The van der Waals surface area contributed by atoms with Gasteiger partial charge in [0.25, 0.3) is 0 Å². The van der Waals surface area contributed by atoms with Gasteiger partial charge >= 0.3 is 0 Å². The van der Waals surface area contributed by atoms with Crippen molar-refractivity contribution in [2.24, 2.45) is 0 Å². The van der Waals surface area contributed by atoms with Gasteiger partial charge in [-0.15, -0.1) is 0 Å². The molecule has 0 heterocycles. The van der Waals surface area contributed by atoms with Crippen molar-refractivity contribution < 1.29 is 14.3 Å². The van der Waals surface area contributed by atoms with Crippen molar-refractivity contribution in [3.63, 3.8) is 0 Å². The fourth-order valence-corrected chi connectivity index (χ4v) is 2.97. The highest BCUT2D eigenvalue weighted by Crippen LogP contribution is 2.33. The molecule has 2 aromatic carbocycles. The van der Waals surface area contributed by atoms with E-state index in [2.05, 4.69) is 51.2 Å². The van der Waals surface area contributed by atoms with Crippen LogP contribution < -0.4 is 14.8 Å². The van der Waals surface area contributed by atoms with Gasteiger partial charge in [0.05, 0.1) is 6.07 Å². The number of benzene rings is 2. The Morgan fingerprint density at radius 1 is 1.07 bits per heavy atom. The number of carbonyl (C=O) groups is 1. The Morgan fingerprint density at radius 2 is 1.76 bits per heavy atom. The Labute approximate surface area is 173 Å². The minimum absolute atomic E-state index is 0.0200. The predicted octanol–water partition coefficient (Wildman–Crippen LogP) is 4.32. The topological polar surface area (TPSA) is 71.3 Å². The molecule has 1 N–H and O–H groups in total. The van der Waals surface area contributed by atoms with Crippen LogP contribution in [0.5, 0.6) is 11.5 Å². The molecule has 0 aliphatic carbocycles. The molecule has 0 spiro atoms. The summed E-state index contributed by atoms with van der Waals surface area (Å²) >= 11 is 0. The van der Waals surface area contributed by atoms with Crippen LogP contribution in [-0.2, 0) is 16.6 Å². The number of rotatable bonds is 9. The molecule has 0 radical (unpaired) electrons. The summed E-state index contributed by atoms with van der Waals surface area (Å²) in [6, 6.07) is 15.9. The second-order valence-electron chi connectivity index (χ2n) is 7.98. The molecular formula is C24H30N2O3. The molecule has 5 nitrogen and oxygen atoms in total. The number of nitrogens with zero attached hydrogens (tertiary/aromatic N) is 1. The van der Waals surface area contributed by atoms with E-state index in [4.69, 9.17) is 14.7 Å². The monoisotopic (exact) mass is 394 g/mol. The summed E-state index contributed by atoms with van der Waals surface area (Å²) in [6.45, 7) is 10.1. The van der Waals surface area contributed by atoms with Crippen LogP contribution in [0.1, 0.15) is 43.9 Å². The number of ether oxygens (including phenoxy) is 2. The quantitative estimate of drug-likeness (QED) is 0.643. The van der Waals surface area contributed by atoms with Crippen LogP contribution in [0.3, 0.4) is 0 Å². The number of carbonyl (C=O) groups excluding carboxylic acids is 1. The van der Waals surface area contributed by atoms with Crippen molar-refractivity contribution in [2.45, 2.75) is 46.0 Å². The van der Waals surface area contributed by atoms with Crippen molar-refractivity contribution in [1.29, 1.82) is 5.26 Å². The minimum Gasteiger partial charge on any atom is -0.490 e. The van der Waals surface area contributed by atoms with Crippen molar-refractivity contribution in [2.75, 3.05) is 19.8 Å². The summed E-state index contributed by atoms with van der Waals surface area (Å²) in [5.41, 5.74) is 3.44. The fraction of sp³-hybridized carbons (Fsp3) is 0.417. The Hall–Kier alpha value is -3.00. The molecule has 0 fully saturated rings. The van der Waals surface area contributed by atoms with Gasteiger partial charge in [0.15, 0.2) is 0 Å². The molecule has 0 aliphatic heterocycles. The number of aryl methyl sites for hydroxylation is 1. The number of para-hydroxylation sites is 1. The van der Waals surface area contributed by atoms with Crippen LogP contribution in [-0.4, -0.2) is 25.7 Å². The second kappa shape index (κ2) is 10.5. The summed E-state index contributed by atoms with van der Waals surface area (Å²) in [4.78, 5) is 11.3. The first kappa shape index (κ1) is 22.3. The van der Waals surface area contributed by atoms with Gasteiger partial charge in [-0.05, 0) is 47.6 Å². The van der Waals surface area contributed by atoms with Crippen molar-refractivity contribution in [3.8, 4) is 17.6 Å². The third-order valence-electron chi connectivity index (χ3n) is 4.52. The van der Waals surface area contributed by atoms with Crippen molar-refractivity contribution >= 4 is 5.91 Å². The van der Waals surface area contributed by atoms with E-state index in [1.54, 1.807) is 0 Å². The average molecular weight is 395 g/mol. The van der Waals surface area contributed by atoms with E-state index in [0.717, 1.165) is 22.6 Å². The summed E-state index contributed by atoms with van der Waals surface area (Å²) in [7, 11) is 0. The summed E-state index contributed by atoms with van der Waals surface area (Å²) in [6.07, 6.45) is 0.609. The molecule has 0 unspecified atom stereocenters. The van der Waals surface area contributed by atoms with E-state index in [1.807, 2.05) is 30.3 Å². The maximum Gasteiger partial charge on any atom is 0.234 e. The maximum atomic E-state index is 11.3. The first-order valence-electron chi connectivity index (χ1n) is 9.89. The van der Waals surface area contributed by atoms with E-state index in [1.165, 1.54) is 5.56 Å². The highest BCUT2D eigenvalue weighted by Gasteiger charge is 2.20. The van der Waals surface area contributed by atoms with Gasteiger partial charge < -0.3 is 14.8 Å². The van der Waals surface area contributed by atoms with Gasteiger partial charge in [-0.1, -0.05) is 51.1 Å². The highest BCUT2D eigenvalue weighted by atomic mass is 16.5. The van der Waals surface area contributed by atoms with Crippen LogP contribution in [0.25, 0.3) is 0 Å². The van der Waals surface area contributed by atoms with Gasteiger partial charge in [-0.2, -0.15) is 5.26 Å². The van der Waals surface area contributed by atoms with E-state index < -0.39 is 0 Å². The molecule has 154 valence electrons. The molecule has 2 aromatic rings.